The van der Waals surface area contributed by atoms with Crippen molar-refractivity contribution in [3.63, 3.8) is 0 Å². The van der Waals surface area contributed by atoms with Crippen LogP contribution in [-0.4, -0.2) is 80.3 Å². The van der Waals surface area contributed by atoms with Gasteiger partial charge in [-0.3, -0.25) is 14.5 Å². The van der Waals surface area contributed by atoms with E-state index in [-0.39, 0.29) is 11.8 Å². The van der Waals surface area contributed by atoms with Crippen molar-refractivity contribution in [1.29, 1.82) is 0 Å². The van der Waals surface area contributed by atoms with Crippen LogP contribution >= 0.6 is 11.8 Å². The molecule has 0 radical (unpaired) electrons. The summed E-state index contributed by atoms with van der Waals surface area (Å²) in [7, 11) is 0. The Morgan fingerprint density at radius 3 is 2.67 bits per heavy atom. The Morgan fingerprint density at radius 1 is 1.17 bits per heavy atom. The first-order chi connectivity index (χ1) is 14.6. The summed E-state index contributed by atoms with van der Waals surface area (Å²) in [6.07, 6.45) is 3.08. The minimum absolute atomic E-state index is 0.0156. The van der Waals surface area contributed by atoms with E-state index in [0.29, 0.717) is 49.7 Å². The Labute approximate surface area is 180 Å². The fourth-order valence-corrected chi connectivity index (χ4v) is 4.39. The molecule has 2 amide bonds. The third kappa shape index (κ3) is 5.17. The lowest BCUT2D eigenvalue weighted by atomic mass is 10.1. The molecule has 1 aliphatic carbocycles. The van der Waals surface area contributed by atoms with Gasteiger partial charge in [-0.1, -0.05) is 36.9 Å². The van der Waals surface area contributed by atoms with Gasteiger partial charge in [-0.2, -0.15) is 0 Å². The van der Waals surface area contributed by atoms with Gasteiger partial charge >= 0.3 is 0 Å². The number of rotatable bonds is 8. The quantitative estimate of drug-likeness (QED) is 0.635. The Morgan fingerprint density at radius 2 is 1.93 bits per heavy atom. The van der Waals surface area contributed by atoms with Gasteiger partial charge in [0.25, 0.3) is 0 Å². The van der Waals surface area contributed by atoms with Crippen LogP contribution in [0.1, 0.15) is 31.4 Å². The zero-order valence-electron chi connectivity index (χ0n) is 17.2. The number of carbonyl (C=O) groups is 2. The highest BCUT2D eigenvalue weighted by Crippen LogP contribution is 2.36. The fourth-order valence-electron chi connectivity index (χ4n) is 3.55. The van der Waals surface area contributed by atoms with E-state index >= 15 is 0 Å². The number of carbonyl (C=O) groups excluding carboxylic acids is 2. The van der Waals surface area contributed by atoms with Crippen molar-refractivity contribution in [2.24, 2.45) is 0 Å². The number of piperazine rings is 1. The first kappa shape index (κ1) is 20.8. The van der Waals surface area contributed by atoms with Crippen LogP contribution in [-0.2, 0) is 16.0 Å². The molecule has 10 heteroatoms. The van der Waals surface area contributed by atoms with Crippen molar-refractivity contribution in [1.82, 2.24) is 30.0 Å². The second-order valence-electron chi connectivity index (χ2n) is 7.64. The number of nitrogens with one attached hydrogen (secondary N) is 1. The van der Waals surface area contributed by atoms with Gasteiger partial charge in [0, 0.05) is 31.9 Å². The average molecular weight is 430 g/mol. The molecule has 30 heavy (non-hydrogen) atoms. The number of benzene rings is 1. The smallest absolute Gasteiger partial charge is 0.238 e. The average Bonchev–Trinajstić information content (AvgIpc) is 3.50. The first-order valence-electron chi connectivity index (χ1n) is 10.4. The normalized spacial score (nSPS) is 17.2. The predicted octanol–water partition coefficient (Wildman–Crippen LogP) is 1.45. The molecule has 1 aliphatic heterocycles. The van der Waals surface area contributed by atoms with Crippen molar-refractivity contribution < 1.29 is 9.59 Å². The minimum Gasteiger partial charge on any atom is -0.339 e. The molecule has 1 N–H and O–H groups in total. The number of anilines is 1. The molecule has 160 valence electrons. The van der Waals surface area contributed by atoms with E-state index in [1.54, 1.807) is 0 Å². The number of amides is 2. The van der Waals surface area contributed by atoms with Crippen LogP contribution < -0.4 is 5.32 Å². The van der Waals surface area contributed by atoms with Crippen LogP contribution in [0.4, 0.5) is 5.69 Å². The third-order valence-corrected chi connectivity index (χ3v) is 6.36. The zero-order chi connectivity index (χ0) is 20.9. The van der Waals surface area contributed by atoms with Crippen molar-refractivity contribution in [2.75, 3.05) is 43.8 Å². The molecule has 0 atom stereocenters. The Bertz CT molecular complexity index is 891. The molecule has 2 aliphatic rings. The van der Waals surface area contributed by atoms with E-state index in [1.807, 2.05) is 33.8 Å². The van der Waals surface area contributed by atoms with E-state index in [1.165, 1.54) is 11.8 Å². The number of hydrogen-bond acceptors (Lipinski definition) is 7. The monoisotopic (exact) mass is 429 g/mol. The van der Waals surface area contributed by atoms with Crippen molar-refractivity contribution in [3.05, 3.63) is 29.8 Å². The largest absolute Gasteiger partial charge is 0.339 e. The van der Waals surface area contributed by atoms with Gasteiger partial charge in [0.15, 0.2) is 0 Å². The second kappa shape index (κ2) is 9.57. The number of nitrogens with zero attached hydrogens (tertiary/aromatic N) is 6. The summed E-state index contributed by atoms with van der Waals surface area (Å²) in [4.78, 5) is 28.9. The topological polar surface area (TPSA) is 96.2 Å². The summed E-state index contributed by atoms with van der Waals surface area (Å²) in [5.41, 5.74) is 2.01. The van der Waals surface area contributed by atoms with Crippen LogP contribution in [0.25, 0.3) is 0 Å². The lowest BCUT2D eigenvalue weighted by Crippen LogP contribution is -2.50. The van der Waals surface area contributed by atoms with E-state index in [0.717, 1.165) is 30.5 Å². The van der Waals surface area contributed by atoms with E-state index in [2.05, 4.69) is 32.7 Å². The number of thioether (sulfide) groups is 1. The summed E-state index contributed by atoms with van der Waals surface area (Å²) in [6.45, 7) is 5.06. The number of para-hydroxylation sites is 1. The Balaban J connectivity index is 1.20. The van der Waals surface area contributed by atoms with Crippen molar-refractivity contribution in [2.45, 2.75) is 37.4 Å². The van der Waals surface area contributed by atoms with Gasteiger partial charge in [-0.15, -0.1) is 5.10 Å². The standard InChI is InChI=1S/C20H27N7O2S/c1-2-15-5-3-4-6-17(15)21-18(28)13-25-9-11-26(12-10-25)19(29)14-30-20-22-23-24-27(20)16-7-8-16/h3-6,16H,2,7-14H2,1H3,(H,21,28). The van der Waals surface area contributed by atoms with Gasteiger partial charge in [-0.05, 0) is 41.3 Å². The minimum atomic E-state index is -0.0156. The molecule has 1 saturated carbocycles. The molecule has 9 nitrogen and oxygen atoms in total. The molecule has 2 aromatic rings. The maximum atomic E-state index is 12.6. The summed E-state index contributed by atoms with van der Waals surface area (Å²) < 4.78 is 1.82. The molecule has 0 unspecified atom stereocenters. The number of tetrazole rings is 1. The Kier molecular flexibility index (Phi) is 6.63. The van der Waals surface area contributed by atoms with Gasteiger partial charge < -0.3 is 10.2 Å². The molecule has 1 aromatic carbocycles. The number of aryl methyl sites for hydroxylation is 1. The van der Waals surface area contributed by atoms with Gasteiger partial charge in [-0.25, -0.2) is 4.68 Å². The summed E-state index contributed by atoms with van der Waals surface area (Å²) >= 11 is 1.40. The predicted molar refractivity (Wildman–Crippen MR) is 114 cm³/mol. The zero-order valence-corrected chi connectivity index (χ0v) is 18.0. The SMILES string of the molecule is CCc1ccccc1NC(=O)CN1CCN(C(=O)CSc2nnnn2C2CC2)CC1. The molecule has 4 rings (SSSR count). The highest BCUT2D eigenvalue weighted by molar-refractivity contribution is 7.99. The maximum Gasteiger partial charge on any atom is 0.238 e. The summed E-state index contributed by atoms with van der Waals surface area (Å²) in [6, 6.07) is 8.28. The van der Waals surface area contributed by atoms with E-state index in [9.17, 15) is 9.59 Å². The van der Waals surface area contributed by atoms with Gasteiger partial charge in [0.05, 0.1) is 18.3 Å². The molecule has 1 aromatic heterocycles. The molecule has 2 fully saturated rings. The maximum absolute atomic E-state index is 12.6. The molecular formula is C20H27N7O2S. The van der Waals surface area contributed by atoms with E-state index in [4.69, 9.17) is 0 Å². The van der Waals surface area contributed by atoms with Crippen LogP contribution in [0.5, 0.6) is 0 Å². The van der Waals surface area contributed by atoms with Crippen molar-refractivity contribution in [3.8, 4) is 0 Å². The lowest BCUT2D eigenvalue weighted by molar-refractivity contribution is -0.130. The highest BCUT2D eigenvalue weighted by Gasteiger charge is 2.29. The second-order valence-corrected chi connectivity index (χ2v) is 8.58. The van der Waals surface area contributed by atoms with Crippen molar-refractivity contribution >= 4 is 29.3 Å². The van der Waals surface area contributed by atoms with Crippen LogP contribution in [0.3, 0.4) is 0 Å². The van der Waals surface area contributed by atoms with Crippen LogP contribution in [0.2, 0.25) is 0 Å². The summed E-state index contributed by atoms with van der Waals surface area (Å²) in [5.74, 6) is 0.408. The van der Waals surface area contributed by atoms with Gasteiger partial charge in [0.1, 0.15) is 0 Å². The molecule has 0 bridgehead atoms. The lowest BCUT2D eigenvalue weighted by Gasteiger charge is -2.34. The van der Waals surface area contributed by atoms with Crippen LogP contribution in [0.15, 0.2) is 29.4 Å². The Hall–Kier alpha value is -2.46. The third-order valence-electron chi connectivity index (χ3n) is 5.44. The molecule has 2 heterocycles. The van der Waals surface area contributed by atoms with Crippen LogP contribution in [0, 0.1) is 0 Å². The molecular weight excluding hydrogens is 402 g/mol. The number of aromatic nitrogens is 4. The summed E-state index contributed by atoms with van der Waals surface area (Å²) in [5, 5.41) is 15.5. The highest BCUT2D eigenvalue weighted by atomic mass is 32.2. The molecule has 1 saturated heterocycles. The first-order valence-corrected chi connectivity index (χ1v) is 11.4. The van der Waals surface area contributed by atoms with Gasteiger partial charge in [0.2, 0.25) is 17.0 Å². The molecule has 0 spiro atoms. The number of hydrogen-bond donors (Lipinski definition) is 1. The fraction of sp³-hybridized carbons (Fsp3) is 0.550. The van der Waals surface area contributed by atoms with E-state index < -0.39 is 0 Å².